The van der Waals surface area contributed by atoms with Crippen LogP contribution in [-0.4, -0.2) is 13.1 Å². The lowest BCUT2D eigenvalue weighted by molar-refractivity contribution is 0.571. The summed E-state index contributed by atoms with van der Waals surface area (Å²) in [6, 6.07) is 0. The predicted molar refractivity (Wildman–Crippen MR) is 72.8 cm³/mol. The maximum atomic E-state index is 3.56. The fraction of sp³-hybridized carbons (Fsp3) is 0.867. The van der Waals surface area contributed by atoms with E-state index in [1.807, 2.05) is 0 Å². The zero-order valence-electron chi connectivity index (χ0n) is 11.1. The van der Waals surface area contributed by atoms with E-state index in [-0.39, 0.29) is 0 Å². The van der Waals surface area contributed by atoms with E-state index in [4.69, 9.17) is 0 Å². The average molecular weight is 223 g/mol. The highest BCUT2D eigenvalue weighted by atomic mass is 14.8. The van der Waals surface area contributed by atoms with Crippen LogP contribution in [0.15, 0.2) is 11.6 Å². The quantitative estimate of drug-likeness (QED) is 0.426. The normalized spacial score (nSPS) is 15.4. The molecule has 1 N–H and O–H groups in total. The summed E-state index contributed by atoms with van der Waals surface area (Å²) in [4.78, 5) is 0. The minimum Gasteiger partial charge on any atom is -0.316 e. The van der Waals surface area contributed by atoms with Gasteiger partial charge in [-0.15, -0.1) is 0 Å². The summed E-state index contributed by atoms with van der Waals surface area (Å²) in [6.07, 6.45) is 16.2. The first-order valence-electron chi connectivity index (χ1n) is 7.32. The van der Waals surface area contributed by atoms with Gasteiger partial charge in [0.15, 0.2) is 0 Å². The third-order valence-corrected chi connectivity index (χ3v) is 3.47. The molecule has 0 saturated carbocycles. The number of allylic oxidation sites excluding steroid dienone is 1. The molecule has 0 aliphatic heterocycles. The Kier molecular flexibility index (Phi) is 8.51. The minimum absolute atomic E-state index is 1.20. The second-order valence-corrected chi connectivity index (χ2v) is 5.02. The zero-order valence-corrected chi connectivity index (χ0v) is 11.1. The SMILES string of the molecule is CCCCCCCCNCCC1=CCCC1. The molecule has 1 aliphatic carbocycles. The van der Waals surface area contributed by atoms with E-state index in [1.165, 1.54) is 77.3 Å². The van der Waals surface area contributed by atoms with E-state index < -0.39 is 0 Å². The molecule has 0 amide bonds. The molecule has 0 radical (unpaired) electrons. The molecule has 1 rings (SSSR count). The summed E-state index contributed by atoms with van der Waals surface area (Å²) in [5.74, 6) is 0. The smallest absolute Gasteiger partial charge is 0.00116 e. The Labute approximate surface area is 102 Å². The van der Waals surface area contributed by atoms with Gasteiger partial charge in [0.2, 0.25) is 0 Å². The molecular weight excluding hydrogens is 194 g/mol. The van der Waals surface area contributed by atoms with Gasteiger partial charge in [0, 0.05) is 0 Å². The standard InChI is InChI=1S/C15H29N/c1-2-3-4-5-6-9-13-16-14-12-15-10-7-8-11-15/h10,16H,2-9,11-14H2,1H3. The van der Waals surface area contributed by atoms with Crippen LogP contribution >= 0.6 is 0 Å². The molecular formula is C15H29N. The first-order valence-corrected chi connectivity index (χ1v) is 7.32. The van der Waals surface area contributed by atoms with Crippen molar-refractivity contribution >= 4 is 0 Å². The largest absolute Gasteiger partial charge is 0.316 e. The van der Waals surface area contributed by atoms with Crippen molar-refractivity contribution in [1.29, 1.82) is 0 Å². The number of nitrogens with one attached hydrogen (secondary N) is 1. The highest BCUT2D eigenvalue weighted by Crippen LogP contribution is 2.19. The number of unbranched alkanes of at least 4 members (excludes halogenated alkanes) is 5. The van der Waals surface area contributed by atoms with Crippen molar-refractivity contribution in [3.8, 4) is 0 Å². The van der Waals surface area contributed by atoms with Gasteiger partial charge in [-0.05, 0) is 45.2 Å². The van der Waals surface area contributed by atoms with Crippen LogP contribution in [0, 0.1) is 0 Å². The Morgan fingerprint density at radius 2 is 1.88 bits per heavy atom. The molecule has 0 fully saturated rings. The van der Waals surface area contributed by atoms with Crippen LogP contribution in [0.25, 0.3) is 0 Å². The lowest BCUT2D eigenvalue weighted by atomic mass is 10.1. The Hall–Kier alpha value is -0.300. The number of hydrogen-bond donors (Lipinski definition) is 1. The molecule has 0 saturated heterocycles. The molecule has 1 nitrogen and oxygen atoms in total. The lowest BCUT2D eigenvalue weighted by Crippen LogP contribution is -2.16. The minimum atomic E-state index is 1.20. The third kappa shape index (κ3) is 7.05. The molecule has 1 heteroatoms. The van der Waals surface area contributed by atoms with Crippen LogP contribution in [0.3, 0.4) is 0 Å². The van der Waals surface area contributed by atoms with Crippen molar-refractivity contribution in [2.24, 2.45) is 0 Å². The summed E-state index contributed by atoms with van der Waals surface area (Å²) in [6.45, 7) is 4.69. The van der Waals surface area contributed by atoms with Gasteiger partial charge in [-0.25, -0.2) is 0 Å². The van der Waals surface area contributed by atoms with Gasteiger partial charge in [0.1, 0.15) is 0 Å². The molecule has 0 atom stereocenters. The van der Waals surface area contributed by atoms with Gasteiger partial charge >= 0.3 is 0 Å². The van der Waals surface area contributed by atoms with Gasteiger partial charge in [0.05, 0.1) is 0 Å². The monoisotopic (exact) mass is 223 g/mol. The van der Waals surface area contributed by atoms with Crippen LogP contribution in [0.4, 0.5) is 0 Å². The van der Waals surface area contributed by atoms with Gasteiger partial charge < -0.3 is 5.32 Å². The van der Waals surface area contributed by atoms with Gasteiger partial charge in [0.25, 0.3) is 0 Å². The van der Waals surface area contributed by atoms with Crippen molar-refractivity contribution in [3.63, 3.8) is 0 Å². The van der Waals surface area contributed by atoms with Gasteiger partial charge in [-0.2, -0.15) is 0 Å². The summed E-state index contributed by atoms with van der Waals surface area (Å²) < 4.78 is 0. The topological polar surface area (TPSA) is 12.0 Å². The third-order valence-electron chi connectivity index (χ3n) is 3.47. The van der Waals surface area contributed by atoms with Crippen molar-refractivity contribution in [2.45, 2.75) is 71.1 Å². The Balaban J connectivity index is 1.74. The van der Waals surface area contributed by atoms with E-state index in [0.717, 1.165) is 0 Å². The molecule has 94 valence electrons. The van der Waals surface area contributed by atoms with E-state index in [1.54, 1.807) is 5.57 Å². The molecule has 0 aromatic heterocycles. The van der Waals surface area contributed by atoms with Crippen LogP contribution < -0.4 is 5.32 Å². The molecule has 16 heavy (non-hydrogen) atoms. The van der Waals surface area contributed by atoms with Crippen molar-refractivity contribution in [3.05, 3.63) is 11.6 Å². The molecule has 0 heterocycles. The second-order valence-electron chi connectivity index (χ2n) is 5.02. The first-order chi connectivity index (χ1) is 7.93. The van der Waals surface area contributed by atoms with Crippen LogP contribution in [-0.2, 0) is 0 Å². The Bertz CT molecular complexity index is 184. The molecule has 1 aliphatic rings. The van der Waals surface area contributed by atoms with E-state index in [2.05, 4.69) is 18.3 Å². The molecule has 0 spiro atoms. The fourth-order valence-corrected chi connectivity index (χ4v) is 2.37. The van der Waals surface area contributed by atoms with Crippen molar-refractivity contribution < 1.29 is 0 Å². The maximum absolute atomic E-state index is 3.56. The zero-order chi connectivity index (χ0) is 11.5. The Morgan fingerprint density at radius 1 is 1.06 bits per heavy atom. The predicted octanol–water partition coefficient (Wildman–Crippen LogP) is 4.44. The van der Waals surface area contributed by atoms with Crippen LogP contribution in [0.1, 0.15) is 71.1 Å². The lowest BCUT2D eigenvalue weighted by Gasteiger charge is -2.05. The number of hydrogen-bond acceptors (Lipinski definition) is 1. The fourth-order valence-electron chi connectivity index (χ4n) is 2.37. The van der Waals surface area contributed by atoms with E-state index in [0.29, 0.717) is 0 Å². The Morgan fingerprint density at radius 3 is 2.62 bits per heavy atom. The average Bonchev–Trinajstić information content (AvgIpc) is 2.80. The second kappa shape index (κ2) is 9.89. The number of rotatable bonds is 10. The summed E-state index contributed by atoms with van der Waals surface area (Å²) in [5.41, 5.74) is 1.69. The highest BCUT2D eigenvalue weighted by molar-refractivity contribution is 5.07. The molecule has 0 unspecified atom stereocenters. The highest BCUT2D eigenvalue weighted by Gasteiger charge is 2.02. The van der Waals surface area contributed by atoms with Crippen molar-refractivity contribution in [2.75, 3.05) is 13.1 Å². The van der Waals surface area contributed by atoms with Gasteiger partial charge in [-0.1, -0.05) is 50.7 Å². The summed E-state index contributed by atoms with van der Waals surface area (Å²) in [7, 11) is 0. The molecule has 0 aromatic rings. The summed E-state index contributed by atoms with van der Waals surface area (Å²) in [5, 5.41) is 3.56. The first kappa shape index (κ1) is 13.8. The van der Waals surface area contributed by atoms with Gasteiger partial charge in [-0.3, -0.25) is 0 Å². The van der Waals surface area contributed by atoms with Crippen molar-refractivity contribution in [1.82, 2.24) is 5.32 Å². The molecule has 0 aromatic carbocycles. The summed E-state index contributed by atoms with van der Waals surface area (Å²) >= 11 is 0. The van der Waals surface area contributed by atoms with Crippen LogP contribution in [0.2, 0.25) is 0 Å². The van der Waals surface area contributed by atoms with E-state index >= 15 is 0 Å². The van der Waals surface area contributed by atoms with E-state index in [9.17, 15) is 0 Å². The van der Waals surface area contributed by atoms with Crippen LogP contribution in [0.5, 0.6) is 0 Å². The molecule has 0 bridgehead atoms. The maximum Gasteiger partial charge on any atom is -0.00116 e.